The van der Waals surface area contributed by atoms with Crippen LogP contribution in [0.1, 0.15) is 25.0 Å². The van der Waals surface area contributed by atoms with E-state index < -0.39 is 6.10 Å². The summed E-state index contributed by atoms with van der Waals surface area (Å²) in [4.78, 5) is 11.4. The van der Waals surface area contributed by atoms with Crippen LogP contribution >= 0.6 is 11.6 Å². The third-order valence-corrected chi connectivity index (χ3v) is 2.24. The van der Waals surface area contributed by atoms with Gasteiger partial charge in [0.15, 0.2) is 6.10 Å². The predicted molar refractivity (Wildman–Crippen MR) is 59.7 cm³/mol. The van der Waals surface area contributed by atoms with E-state index in [-0.39, 0.29) is 5.91 Å². The van der Waals surface area contributed by atoms with Crippen LogP contribution < -0.4 is 5.32 Å². The molecule has 0 spiro atoms. The molecule has 0 bridgehead atoms. The number of rotatable bonds is 4. The molecule has 1 aromatic rings. The molecule has 1 unspecified atom stereocenters. The van der Waals surface area contributed by atoms with Crippen molar-refractivity contribution in [3.63, 3.8) is 0 Å². The zero-order valence-corrected chi connectivity index (χ0v) is 9.29. The van der Waals surface area contributed by atoms with Gasteiger partial charge in [0, 0.05) is 11.6 Å². The number of carbonyl (C=O) groups excluding carboxylic acids is 1. The van der Waals surface area contributed by atoms with Crippen molar-refractivity contribution < 1.29 is 9.90 Å². The Morgan fingerprint density at radius 2 is 2.07 bits per heavy atom. The van der Waals surface area contributed by atoms with Gasteiger partial charge in [0.2, 0.25) is 0 Å². The van der Waals surface area contributed by atoms with E-state index in [2.05, 4.69) is 5.32 Å². The summed E-state index contributed by atoms with van der Waals surface area (Å²) in [6.07, 6.45) is -0.271. The molecule has 1 atom stereocenters. The third kappa shape index (κ3) is 3.53. The minimum Gasteiger partial charge on any atom is -0.378 e. The Balaban J connectivity index is 2.63. The van der Waals surface area contributed by atoms with Gasteiger partial charge in [-0.15, -0.1) is 0 Å². The van der Waals surface area contributed by atoms with Gasteiger partial charge in [0.1, 0.15) is 0 Å². The molecule has 0 saturated heterocycles. The first-order valence-electron chi connectivity index (χ1n) is 4.86. The summed E-state index contributed by atoms with van der Waals surface area (Å²) in [5.74, 6) is -0.376. The van der Waals surface area contributed by atoms with Crippen LogP contribution in [0.15, 0.2) is 24.3 Å². The van der Waals surface area contributed by atoms with Crippen LogP contribution in [0.2, 0.25) is 5.02 Å². The Labute approximate surface area is 94.1 Å². The average Bonchev–Trinajstić information content (AvgIpc) is 2.26. The van der Waals surface area contributed by atoms with Gasteiger partial charge in [-0.2, -0.15) is 0 Å². The molecule has 0 saturated carbocycles. The number of carbonyl (C=O) groups is 1. The van der Waals surface area contributed by atoms with Gasteiger partial charge in [-0.3, -0.25) is 4.79 Å². The monoisotopic (exact) mass is 227 g/mol. The van der Waals surface area contributed by atoms with Crippen LogP contribution in [0.4, 0.5) is 0 Å². The highest BCUT2D eigenvalue weighted by atomic mass is 35.5. The number of hydrogen-bond acceptors (Lipinski definition) is 2. The smallest absolute Gasteiger partial charge is 0.253 e. The fraction of sp³-hybridized carbons (Fsp3) is 0.364. The van der Waals surface area contributed by atoms with Gasteiger partial charge in [-0.25, -0.2) is 0 Å². The molecule has 1 amide bonds. The lowest BCUT2D eigenvalue weighted by Crippen LogP contribution is -2.29. The molecule has 0 aromatic heterocycles. The van der Waals surface area contributed by atoms with E-state index >= 15 is 0 Å². The van der Waals surface area contributed by atoms with E-state index in [9.17, 15) is 9.90 Å². The highest BCUT2D eigenvalue weighted by Gasteiger charge is 2.15. The molecule has 0 fully saturated rings. The second-order valence-corrected chi connectivity index (χ2v) is 3.68. The van der Waals surface area contributed by atoms with Crippen LogP contribution in [0.5, 0.6) is 0 Å². The molecule has 0 heterocycles. The van der Waals surface area contributed by atoms with Crippen molar-refractivity contribution in [1.82, 2.24) is 5.32 Å². The predicted octanol–water partition coefficient (Wildman–Crippen LogP) is 1.90. The third-order valence-electron chi connectivity index (χ3n) is 1.98. The lowest BCUT2D eigenvalue weighted by Gasteiger charge is -2.10. The first kappa shape index (κ1) is 12.0. The number of aliphatic hydroxyl groups is 1. The van der Waals surface area contributed by atoms with Gasteiger partial charge >= 0.3 is 0 Å². The molecule has 0 aliphatic rings. The van der Waals surface area contributed by atoms with Crippen LogP contribution in [-0.2, 0) is 4.79 Å². The maximum atomic E-state index is 11.4. The van der Waals surface area contributed by atoms with Gasteiger partial charge in [-0.05, 0) is 24.1 Å². The summed E-state index contributed by atoms with van der Waals surface area (Å²) in [5, 5.41) is 12.9. The van der Waals surface area contributed by atoms with E-state index in [0.29, 0.717) is 17.1 Å². The summed E-state index contributed by atoms with van der Waals surface area (Å²) in [6.45, 7) is 2.53. The number of benzene rings is 1. The van der Waals surface area contributed by atoms with Crippen molar-refractivity contribution in [2.45, 2.75) is 19.4 Å². The second-order valence-electron chi connectivity index (χ2n) is 3.25. The van der Waals surface area contributed by atoms with Gasteiger partial charge in [-0.1, -0.05) is 30.7 Å². The molecule has 3 nitrogen and oxygen atoms in total. The van der Waals surface area contributed by atoms with Crippen LogP contribution in [0, 0.1) is 0 Å². The zero-order chi connectivity index (χ0) is 11.3. The second kappa shape index (κ2) is 5.73. The van der Waals surface area contributed by atoms with Crippen molar-refractivity contribution in [1.29, 1.82) is 0 Å². The number of hydrogen-bond donors (Lipinski definition) is 2. The molecular formula is C11H14ClNO2. The highest BCUT2D eigenvalue weighted by molar-refractivity contribution is 6.30. The van der Waals surface area contributed by atoms with E-state index in [0.717, 1.165) is 6.42 Å². The normalized spacial score (nSPS) is 12.2. The molecule has 0 radical (unpaired) electrons. The summed E-state index contributed by atoms with van der Waals surface area (Å²) >= 11 is 5.70. The molecule has 4 heteroatoms. The van der Waals surface area contributed by atoms with Crippen molar-refractivity contribution >= 4 is 17.5 Å². The van der Waals surface area contributed by atoms with Crippen molar-refractivity contribution in [2.24, 2.45) is 0 Å². The van der Waals surface area contributed by atoms with E-state index in [1.165, 1.54) is 0 Å². The van der Waals surface area contributed by atoms with E-state index in [4.69, 9.17) is 11.6 Å². The Bertz CT molecular complexity index is 324. The fourth-order valence-corrected chi connectivity index (χ4v) is 1.27. The maximum absolute atomic E-state index is 11.4. The van der Waals surface area contributed by atoms with Crippen LogP contribution in [0.25, 0.3) is 0 Å². The molecule has 0 aliphatic carbocycles. The molecular weight excluding hydrogens is 214 g/mol. The lowest BCUT2D eigenvalue weighted by molar-refractivity contribution is -0.129. The molecule has 1 rings (SSSR count). The number of halogens is 1. The molecule has 2 N–H and O–H groups in total. The summed E-state index contributed by atoms with van der Waals surface area (Å²) in [6, 6.07) is 6.57. The fourth-order valence-electron chi connectivity index (χ4n) is 1.14. The van der Waals surface area contributed by atoms with E-state index in [1.807, 2.05) is 6.92 Å². The first-order valence-corrected chi connectivity index (χ1v) is 5.24. The number of aliphatic hydroxyl groups excluding tert-OH is 1. The number of nitrogens with one attached hydrogen (secondary N) is 1. The molecule has 15 heavy (non-hydrogen) atoms. The van der Waals surface area contributed by atoms with E-state index in [1.54, 1.807) is 24.3 Å². The van der Waals surface area contributed by atoms with Gasteiger partial charge in [0.05, 0.1) is 0 Å². The van der Waals surface area contributed by atoms with Crippen LogP contribution in [-0.4, -0.2) is 17.6 Å². The Morgan fingerprint density at radius 3 is 2.60 bits per heavy atom. The van der Waals surface area contributed by atoms with Crippen LogP contribution in [0.3, 0.4) is 0 Å². The standard InChI is InChI=1S/C11H14ClNO2/c1-2-7-13-11(15)10(14)8-3-5-9(12)6-4-8/h3-6,10,14H,2,7H2,1H3,(H,13,15). The molecule has 82 valence electrons. The molecule has 1 aromatic carbocycles. The van der Waals surface area contributed by atoms with Gasteiger partial charge in [0.25, 0.3) is 5.91 Å². The SMILES string of the molecule is CCCNC(=O)C(O)c1ccc(Cl)cc1. The Morgan fingerprint density at radius 1 is 1.47 bits per heavy atom. The Kier molecular flexibility index (Phi) is 4.59. The minimum atomic E-state index is -1.12. The minimum absolute atomic E-state index is 0.376. The summed E-state index contributed by atoms with van der Waals surface area (Å²) in [5.41, 5.74) is 0.549. The van der Waals surface area contributed by atoms with Crippen molar-refractivity contribution in [2.75, 3.05) is 6.54 Å². The van der Waals surface area contributed by atoms with Gasteiger partial charge < -0.3 is 10.4 Å². The summed E-state index contributed by atoms with van der Waals surface area (Å²) in [7, 11) is 0. The number of amides is 1. The Hall–Kier alpha value is -1.06. The highest BCUT2D eigenvalue weighted by Crippen LogP contribution is 2.16. The largest absolute Gasteiger partial charge is 0.378 e. The van der Waals surface area contributed by atoms with Crippen molar-refractivity contribution in [3.05, 3.63) is 34.9 Å². The maximum Gasteiger partial charge on any atom is 0.253 e. The average molecular weight is 228 g/mol. The quantitative estimate of drug-likeness (QED) is 0.826. The molecule has 0 aliphatic heterocycles. The zero-order valence-electron chi connectivity index (χ0n) is 8.53. The summed E-state index contributed by atoms with van der Waals surface area (Å²) < 4.78 is 0. The topological polar surface area (TPSA) is 49.3 Å². The lowest BCUT2D eigenvalue weighted by atomic mass is 10.1. The van der Waals surface area contributed by atoms with Crippen molar-refractivity contribution in [3.8, 4) is 0 Å². The first-order chi connectivity index (χ1) is 7.15.